The van der Waals surface area contributed by atoms with Crippen LogP contribution in [0.5, 0.6) is 17.2 Å². The van der Waals surface area contributed by atoms with Crippen molar-refractivity contribution in [1.82, 2.24) is 5.43 Å². The van der Waals surface area contributed by atoms with Gasteiger partial charge in [0.25, 0.3) is 0 Å². The van der Waals surface area contributed by atoms with Gasteiger partial charge in [0.1, 0.15) is 12.4 Å². The highest BCUT2D eigenvalue weighted by Gasteiger charge is 2.13. The summed E-state index contributed by atoms with van der Waals surface area (Å²) >= 11 is 8.74. The molecular weight excluding hydrogens is 567 g/mol. The van der Waals surface area contributed by atoms with Gasteiger partial charge in [0.2, 0.25) is 5.91 Å². The molecule has 0 saturated carbocycles. The summed E-state index contributed by atoms with van der Waals surface area (Å²) in [4.78, 5) is 12.2. The Balaban J connectivity index is 1.62. The van der Waals surface area contributed by atoms with Gasteiger partial charge < -0.3 is 14.2 Å². The molecule has 3 aromatic carbocycles. The molecule has 1 amide bonds. The summed E-state index contributed by atoms with van der Waals surface area (Å²) in [5.74, 6) is 1.54. The van der Waals surface area contributed by atoms with E-state index in [1.165, 1.54) is 6.21 Å². The Kier molecular flexibility index (Phi) is 10.0. The molecule has 0 radical (unpaired) electrons. The zero-order valence-corrected chi connectivity index (χ0v) is 21.9. The smallest absolute Gasteiger partial charge is 0.244 e. The van der Waals surface area contributed by atoms with Crippen LogP contribution >= 0.6 is 34.2 Å². The molecule has 3 rings (SSSR count). The number of hydrazone groups is 1. The molecule has 0 aliphatic rings. The molecule has 0 saturated heterocycles. The average molecular weight is 593 g/mol. The van der Waals surface area contributed by atoms with Gasteiger partial charge in [0.15, 0.2) is 11.5 Å². The predicted molar refractivity (Wildman–Crippen MR) is 143 cm³/mol. The first-order valence-corrected chi connectivity index (χ1v) is 12.3. The largest absolute Gasteiger partial charge is 0.494 e. The van der Waals surface area contributed by atoms with Crippen LogP contribution < -0.4 is 19.6 Å². The lowest BCUT2D eigenvalue weighted by Crippen LogP contribution is -2.19. The molecule has 34 heavy (non-hydrogen) atoms. The van der Waals surface area contributed by atoms with Crippen molar-refractivity contribution >= 4 is 46.3 Å². The van der Waals surface area contributed by atoms with Crippen LogP contribution in [0.4, 0.5) is 0 Å². The van der Waals surface area contributed by atoms with Crippen molar-refractivity contribution in [2.45, 2.75) is 26.9 Å². The maximum absolute atomic E-state index is 12.2. The second-order valence-corrected chi connectivity index (χ2v) is 8.88. The summed E-state index contributed by atoms with van der Waals surface area (Å²) in [6, 6.07) is 19.0. The lowest BCUT2D eigenvalue weighted by atomic mass is 10.1. The molecule has 0 bridgehead atoms. The van der Waals surface area contributed by atoms with Crippen LogP contribution in [0.2, 0.25) is 5.02 Å². The second-order valence-electron chi connectivity index (χ2n) is 7.23. The summed E-state index contributed by atoms with van der Waals surface area (Å²) in [5, 5.41) is 4.46. The van der Waals surface area contributed by atoms with E-state index in [-0.39, 0.29) is 12.3 Å². The topological polar surface area (TPSA) is 69.2 Å². The second kappa shape index (κ2) is 13.2. The highest BCUT2D eigenvalue weighted by molar-refractivity contribution is 14.1. The summed E-state index contributed by atoms with van der Waals surface area (Å²) in [5.41, 5.74) is 5.11. The van der Waals surface area contributed by atoms with Crippen LogP contribution in [-0.2, 0) is 17.8 Å². The number of hydrogen-bond acceptors (Lipinski definition) is 5. The van der Waals surface area contributed by atoms with Crippen molar-refractivity contribution in [2.24, 2.45) is 5.10 Å². The molecule has 0 aliphatic carbocycles. The number of benzene rings is 3. The van der Waals surface area contributed by atoms with Crippen LogP contribution in [-0.4, -0.2) is 25.3 Å². The van der Waals surface area contributed by atoms with Crippen molar-refractivity contribution in [3.05, 3.63) is 85.9 Å². The molecule has 0 fully saturated rings. The van der Waals surface area contributed by atoms with Gasteiger partial charge in [0, 0.05) is 3.57 Å². The first-order chi connectivity index (χ1) is 16.5. The minimum atomic E-state index is -0.228. The van der Waals surface area contributed by atoms with Crippen molar-refractivity contribution in [3.63, 3.8) is 0 Å². The van der Waals surface area contributed by atoms with E-state index in [4.69, 9.17) is 25.8 Å². The van der Waals surface area contributed by atoms with E-state index in [2.05, 4.69) is 33.1 Å². The van der Waals surface area contributed by atoms with E-state index in [0.717, 1.165) is 20.4 Å². The quantitative estimate of drug-likeness (QED) is 0.168. The average Bonchev–Trinajstić information content (AvgIpc) is 2.81. The van der Waals surface area contributed by atoms with Crippen molar-refractivity contribution in [1.29, 1.82) is 0 Å². The van der Waals surface area contributed by atoms with Gasteiger partial charge in [-0.2, -0.15) is 5.10 Å². The normalized spacial score (nSPS) is 10.8. The molecule has 0 aliphatic heterocycles. The number of ether oxygens (including phenoxy) is 3. The van der Waals surface area contributed by atoms with Crippen LogP contribution in [0.3, 0.4) is 0 Å². The van der Waals surface area contributed by atoms with Crippen molar-refractivity contribution in [2.75, 3.05) is 13.2 Å². The first kappa shape index (κ1) is 25.8. The standard InChI is InChI=1S/C26H26ClIN2O4/c1-3-32-22-11-7-18(8-12-22)15-25(31)30-29-16-20-13-23(27)26(24(14-20)33-4-2)34-17-19-5-9-21(28)10-6-19/h5-14,16H,3-4,15,17H2,1-2H3,(H,30,31)/b29-16-. The highest BCUT2D eigenvalue weighted by atomic mass is 127. The molecule has 1 N–H and O–H groups in total. The summed E-state index contributed by atoms with van der Waals surface area (Å²) in [6.45, 7) is 5.24. The number of carbonyl (C=O) groups excluding carboxylic acids is 1. The van der Waals surface area contributed by atoms with Gasteiger partial charge in [0.05, 0.1) is 30.9 Å². The van der Waals surface area contributed by atoms with Crippen molar-refractivity contribution in [3.8, 4) is 17.2 Å². The number of nitrogens with one attached hydrogen (secondary N) is 1. The van der Waals surface area contributed by atoms with E-state index in [0.29, 0.717) is 41.9 Å². The third-order valence-electron chi connectivity index (χ3n) is 4.63. The lowest BCUT2D eigenvalue weighted by molar-refractivity contribution is -0.120. The third kappa shape index (κ3) is 7.92. The van der Waals surface area contributed by atoms with E-state index < -0.39 is 0 Å². The van der Waals surface area contributed by atoms with Gasteiger partial charge in [-0.15, -0.1) is 0 Å². The van der Waals surface area contributed by atoms with Gasteiger partial charge >= 0.3 is 0 Å². The number of rotatable bonds is 11. The molecule has 3 aromatic rings. The zero-order valence-electron chi connectivity index (χ0n) is 19.0. The van der Waals surface area contributed by atoms with Crippen molar-refractivity contribution < 1.29 is 19.0 Å². The van der Waals surface area contributed by atoms with Crippen LogP contribution in [0.25, 0.3) is 0 Å². The van der Waals surface area contributed by atoms with Crippen LogP contribution in [0, 0.1) is 3.57 Å². The Labute approximate surface area is 218 Å². The fourth-order valence-electron chi connectivity index (χ4n) is 3.08. The van der Waals surface area contributed by atoms with Gasteiger partial charge in [-0.1, -0.05) is 35.9 Å². The molecular formula is C26H26ClIN2O4. The van der Waals surface area contributed by atoms with E-state index >= 15 is 0 Å². The molecule has 6 nitrogen and oxygen atoms in total. The molecule has 0 spiro atoms. The molecule has 0 unspecified atom stereocenters. The third-order valence-corrected chi connectivity index (χ3v) is 5.63. The first-order valence-electron chi connectivity index (χ1n) is 10.9. The minimum absolute atomic E-state index is 0.208. The summed E-state index contributed by atoms with van der Waals surface area (Å²) in [7, 11) is 0. The predicted octanol–water partition coefficient (Wildman–Crippen LogP) is 6.01. The Morgan fingerprint density at radius 3 is 2.32 bits per heavy atom. The van der Waals surface area contributed by atoms with E-state index in [1.54, 1.807) is 12.1 Å². The Morgan fingerprint density at radius 2 is 1.65 bits per heavy atom. The minimum Gasteiger partial charge on any atom is -0.494 e. The number of amides is 1. The van der Waals surface area contributed by atoms with Gasteiger partial charge in [-0.3, -0.25) is 4.79 Å². The maximum Gasteiger partial charge on any atom is 0.244 e. The number of hydrogen-bond donors (Lipinski definition) is 1. The molecule has 0 heterocycles. The zero-order chi connectivity index (χ0) is 24.3. The van der Waals surface area contributed by atoms with Gasteiger partial charge in [-0.25, -0.2) is 5.43 Å². The SMILES string of the molecule is CCOc1ccc(CC(=O)N/N=C\c2cc(Cl)c(OCc3ccc(I)cc3)c(OCC)c2)cc1. The molecule has 178 valence electrons. The number of halogens is 2. The lowest BCUT2D eigenvalue weighted by Gasteiger charge is -2.14. The van der Waals surface area contributed by atoms with Gasteiger partial charge in [-0.05, 0) is 89.5 Å². The molecule has 0 aromatic heterocycles. The Bertz CT molecular complexity index is 1120. The fraction of sp³-hybridized carbons (Fsp3) is 0.231. The summed E-state index contributed by atoms with van der Waals surface area (Å²) < 4.78 is 18.3. The Morgan fingerprint density at radius 1 is 0.971 bits per heavy atom. The van der Waals surface area contributed by atoms with E-state index in [1.807, 2.05) is 62.4 Å². The van der Waals surface area contributed by atoms with Crippen LogP contribution in [0.15, 0.2) is 65.8 Å². The monoisotopic (exact) mass is 592 g/mol. The van der Waals surface area contributed by atoms with E-state index in [9.17, 15) is 4.79 Å². The maximum atomic E-state index is 12.2. The molecule has 0 atom stereocenters. The fourth-order valence-corrected chi connectivity index (χ4v) is 3.71. The van der Waals surface area contributed by atoms with Crippen LogP contribution in [0.1, 0.15) is 30.5 Å². The Hall–Kier alpha value is -2.78. The summed E-state index contributed by atoms with van der Waals surface area (Å²) in [6.07, 6.45) is 1.73. The molecule has 8 heteroatoms. The highest BCUT2D eigenvalue weighted by Crippen LogP contribution is 2.37. The number of nitrogens with zero attached hydrogens (tertiary/aromatic N) is 1. The number of carbonyl (C=O) groups is 1.